The molecular formula is C10H14O2S. The number of carbonyl (C=O) groups excluding carboxylic acids is 1. The summed E-state index contributed by atoms with van der Waals surface area (Å²) >= 11 is 1.98. The monoisotopic (exact) mass is 198 g/mol. The number of ether oxygens (including phenoxy) is 1. The predicted molar refractivity (Wildman–Crippen MR) is 53.7 cm³/mol. The number of rotatable bonds is 1. The Kier molecular flexibility index (Phi) is 2.94. The van der Waals surface area contributed by atoms with Crippen molar-refractivity contribution in [3.05, 3.63) is 12.3 Å². The maximum atomic E-state index is 11.1. The van der Waals surface area contributed by atoms with Gasteiger partial charge in [0.1, 0.15) is 6.10 Å². The van der Waals surface area contributed by atoms with Gasteiger partial charge in [0.15, 0.2) is 5.78 Å². The summed E-state index contributed by atoms with van der Waals surface area (Å²) in [5.74, 6) is 3.23. The highest BCUT2D eigenvalue weighted by molar-refractivity contribution is 7.99. The first-order valence-corrected chi connectivity index (χ1v) is 5.94. The van der Waals surface area contributed by atoms with Gasteiger partial charge in [0.2, 0.25) is 0 Å². The third-order valence-electron chi connectivity index (χ3n) is 2.63. The lowest BCUT2D eigenvalue weighted by Crippen LogP contribution is -2.30. The second-order valence-electron chi connectivity index (χ2n) is 3.62. The van der Waals surface area contributed by atoms with E-state index in [0.717, 1.165) is 5.75 Å². The molecular weight excluding hydrogens is 184 g/mol. The van der Waals surface area contributed by atoms with E-state index in [2.05, 4.69) is 0 Å². The largest absolute Gasteiger partial charge is 0.497 e. The average molecular weight is 198 g/mol. The number of carbonyl (C=O) groups is 1. The lowest BCUT2D eigenvalue weighted by atomic mass is 9.94. The first-order chi connectivity index (χ1) is 6.36. The summed E-state index contributed by atoms with van der Waals surface area (Å²) in [6.07, 6.45) is 6.33. The van der Waals surface area contributed by atoms with Gasteiger partial charge in [-0.15, -0.1) is 0 Å². The normalized spacial score (nSPS) is 34.3. The quantitative estimate of drug-likeness (QED) is 0.644. The average Bonchev–Trinajstić information content (AvgIpc) is 2.19. The zero-order valence-corrected chi connectivity index (χ0v) is 8.39. The van der Waals surface area contributed by atoms with Crippen molar-refractivity contribution in [3.63, 3.8) is 0 Å². The van der Waals surface area contributed by atoms with Crippen LogP contribution in [-0.2, 0) is 9.53 Å². The van der Waals surface area contributed by atoms with Crippen LogP contribution in [0.1, 0.15) is 19.3 Å². The smallest absolute Gasteiger partial charge is 0.162 e. The van der Waals surface area contributed by atoms with Crippen LogP contribution in [0.3, 0.4) is 0 Å². The molecule has 0 aliphatic carbocycles. The lowest BCUT2D eigenvalue weighted by Gasteiger charge is -2.30. The molecule has 1 saturated heterocycles. The van der Waals surface area contributed by atoms with Gasteiger partial charge in [-0.1, -0.05) is 0 Å². The third-order valence-corrected chi connectivity index (χ3v) is 3.87. The van der Waals surface area contributed by atoms with Crippen LogP contribution in [0.4, 0.5) is 0 Å². The topological polar surface area (TPSA) is 26.3 Å². The molecule has 1 fully saturated rings. The van der Waals surface area contributed by atoms with Crippen molar-refractivity contribution < 1.29 is 9.53 Å². The number of hydrogen-bond donors (Lipinski definition) is 0. The highest BCUT2D eigenvalue weighted by Crippen LogP contribution is 2.29. The lowest BCUT2D eigenvalue weighted by molar-refractivity contribution is -0.118. The summed E-state index contributed by atoms with van der Waals surface area (Å²) in [5.41, 5.74) is 0. The molecule has 0 aromatic rings. The van der Waals surface area contributed by atoms with Gasteiger partial charge in [0, 0.05) is 18.4 Å². The van der Waals surface area contributed by atoms with E-state index in [1.165, 1.54) is 24.7 Å². The van der Waals surface area contributed by atoms with Crippen LogP contribution < -0.4 is 0 Å². The Morgan fingerprint density at radius 3 is 3.15 bits per heavy atom. The van der Waals surface area contributed by atoms with Crippen LogP contribution in [0.2, 0.25) is 0 Å². The maximum Gasteiger partial charge on any atom is 0.162 e. The summed E-state index contributed by atoms with van der Waals surface area (Å²) < 4.78 is 5.47. The van der Waals surface area contributed by atoms with E-state index < -0.39 is 0 Å². The molecule has 0 N–H and O–H groups in total. The zero-order chi connectivity index (χ0) is 9.10. The molecule has 0 bridgehead atoms. The maximum absolute atomic E-state index is 11.1. The number of allylic oxidation sites excluding steroid dienone is 1. The van der Waals surface area contributed by atoms with Crippen molar-refractivity contribution in [1.82, 2.24) is 0 Å². The van der Waals surface area contributed by atoms with Crippen molar-refractivity contribution in [2.24, 2.45) is 5.92 Å². The molecule has 2 unspecified atom stereocenters. The predicted octanol–water partition coefficient (Wildman–Crippen LogP) is 2.00. The van der Waals surface area contributed by atoms with Crippen LogP contribution >= 0.6 is 11.8 Å². The van der Waals surface area contributed by atoms with E-state index >= 15 is 0 Å². The molecule has 72 valence electrons. The summed E-state index contributed by atoms with van der Waals surface area (Å²) in [6.45, 7) is 0. The molecule has 0 aromatic heterocycles. The van der Waals surface area contributed by atoms with Crippen molar-refractivity contribution in [2.75, 3.05) is 11.5 Å². The molecule has 2 rings (SSSR count). The minimum Gasteiger partial charge on any atom is -0.497 e. The molecule has 2 aliphatic rings. The summed E-state index contributed by atoms with van der Waals surface area (Å²) in [6, 6.07) is 0. The van der Waals surface area contributed by atoms with Gasteiger partial charge in [-0.25, -0.2) is 0 Å². The number of thioether (sulfide) groups is 1. The molecule has 2 atom stereocenters. The van der Waals surface area contributed by atoms with Crippen molar-refractivity contribution in [2.45, 2.75) is 25.4 Å². The van der Waals surface area contributed by atoms with E-state index in [1.54, 1.807) is 6.26 Å². The van der Waals surface area contributed by atoms with Crippen LogP contribution in [0, 0.1) is 5.92 Å². The molecule has 13 heavy (non-hydrogen) atoms. The van der Waals surface area contributed by atoms with Crippen LogP contribution in [-0.4, -0.2) is 23.4 Å². The zero-order valence-electron chi connectivity index (χ0n) is 7.57. The van der Waals surface area contributed by atoms with Crippen LogP contribution in [0.15, 0.2) is 12.3 Å². The fourth-order valence-electron chi connectivity index (χ4n) is 1.87. The summed E-state index contributed by atoms with van der Waals surface area (Å²) in [5, 5.41) is 0. The van der Waals surface area contributed by atoms with Gasteiger partial charge in [0.25, 0.3) is 0 Å². The highest BCUT2D eigenvalue weighted by Gasteiger charge is 2.27. The SMILES string of the molecule is O=C1C=COC(C2CCCSC2)C1. The fourth-order valence-corrected chi connectivity index (χ4v) is 3.09. The fraction of sp³-hybridized carbons (Fsp3) is 0.700. The molecule has 0 aromatic carbocycles. The van der Waals surface area contributed by atoms with Crippen molar-refractivity contribution in [1.29, 1.82) is 0 Å². The number of ketones is 1. The molecule has 0 saturated carbocycles. The van der Waals surface area contributed by atoms with E-state index in [1.807, 2.05) is 11.8 Å². The van der Waals surface area contributed by atoms with Gasteiger partial charge < -0.3 is 4.74 Å². The molecule has 2 aliphatic heterocycles. The van der Waals surface area contributed by atoms with Crippen LogP contribution in [0.25, 0.3) is 0 Å². The first-order valence-electron chi connectivity index (χ1n) is 4.79. The molecule has 3 heteroatoms. The highest BCUT2D eigenvalue weighted by atomic mass is 32.2. The first kappa shape index (κ1) is 9.13. The summed E-state index contributed by atoms with van der Waals surface area (Å²) in [7, 11) is 0. The standard InChI is InChI=1S/C10H14O2S/c11-9-3-4-12-10(6-9)8-2-1-5-13-7-8/h3-4,8,10H,1-2,5-7H2. The molecule has 0 spiro atoms. The summed E-state index contributed by atoms with van der Waals surface area (Å²) in [4.78, 5) is 11.1. The van der Waals surface area contributed by atoms with Gasteiger partial charge in [-0.3, -0.25) is 4.79 Å². The molecule has 0 amide bonds. The van der Waals surface area contributed by atoms with Gasteiger partial charge in [-0.2, -0.15) is 11.8 Å². The molecule has 0 radical (unpaired) electrons. The van der Waals surface area contributed by atoms with Gasteiger partial charge in [-0.05, 0) is 24.3 Å². The Bertz CT molecular complexity index is 219. The Morgan fingerprint density at radius 1 is 1.54 bits per heavy atom. The van der Waals surface area contributed by atoms with Crippen LogP contribution in [0.5, 0.6) is 0 Å². The Morgan fingerprint density at radius 2 is 2.46 bits per heavy atom. The van der Waals surface area contributed by atoms with E-state index in [4.69, 9.17) is 4.74 Å². The van der Waals surface area contributed by atoms with Gasteiger partial charge in [0.05, 0.1) is 6.26 Å². The Balaban J connectivity index is 1.92. The third kappa shape index (κ3) is 2.27. The Hall–Kier alpha value is -0.440. The van der Waals surface area contributed by atoms with E-state index in [9.17, 15) is 4.79 Å². The second-order valence-corrected chi connectivity index (χ2v) is 4.77. The minimum atomic E-state index is 0.158. The van der Waals surface area contributed by atoms with Gasteiger partial charge >= 0.3 is 0 Å². The van der Waals surface area contributed by atoms with E-state index in [0.29, 0.717) is 12.3 Å². The number of hydrogen-bond acceptors (Lipinski definition) is 3. The van der Waals surface area contributed by atoms with Crippen molar-refractivity contribution >= 4 is 17.5 Å². The van der Waals surface area contributed by atoms with Crippen molar-refractivity contribution in [3.8, 4) is 0 Å². The minimum absolute atomic E-state index is 0.158. The second kappa shape index (κ2) is 4.18. The molecule has 2 heterocycles. The Labute approximate surface area is 82.7 Å². The van der Waals surface area contributed by atoms with E-state index in [-0.39, 0.29) is 11.9 Å². The molecule has 2 nitrogen and oxygen atoms in total.